The molecular weight excluding hydrogens is 430 g/mol. The maximum atomic E-state index is 13.0. The van der Waals surface area contributed by atoms with Crippen LogP contribution in [-0.2, 0) is 4.74 Å². The first-order valence-electron chi connectivity index (χ1n) is 11.4. The number of aromatic nitrogens is 3. The fraction of sp³-hybridized carbons (Fsp3) is 0.458. The van der Waals surface area contributed by atoms with Crippen molar-refractivity contribution < 1.29 is 23.0 Å². The van der Waals surface area contributed by atoms with E-state index in [9.17, 15) is 13.6 Å². The number of anilines is 1. The molecule has 7 nitrogen and oxygen atoms in total. The van der Waals surface area contributed by atoms with Crippen LogP contribution < -0.4 is 10.1 Å². The van der Waals surface area contributed by atoms with Crippen LogP contribution in [0.5, 0.6) is 5.75 Å². The van der Waals surface area contributed by atoms with Crippen molar-refractivity contribution in [2.45, 2.75) is 57.0 Å². The number of fused-ring (bicyclic) bond motifs is 1. The Morgan fingerprint density at radius 2 is 1.91 bits per heavy atom. The molecule has 0 aromatic carbocycles. The number of alkyl halides is 2. The average molecular weight is 456 g/mol. The molecule has 0 unspecified atom stereocenters. The molecule has 3 aromatic rings. The summed E-state index contributed by atoms with van der Waals surface area (Å²) in [7, 11) is 0. The lowest BCUT2D eigenvalue weighted by atomic mass is 9.97. The van der Waals surface area contributed by atoms with Crippen LogP contribution in [0, 0.1) is 0 Å². The van der Waals surface area contributed by atoms with Gasteiger partial charge in [0.05, 0.1) is 11.8 Å². The van der Waals surface area contributed by atoms with Crippen LogP contribution in [0.1, 0.15) is 72.7 Å². The van der Waals surface area contributed by atoms with E-state index in [4.69, 9.17) is 14.5 Å². The average Bonchev–Trinajstić information content (AvgIpc) is 3.49. The predicted molar refractivity (Wildman–Crippen MR) is 118 cm³/mol. The lowest BCUT2D eigenvalue weighted by Gasteiger charge is -2.19. The fourth-order valence-electron chi connectivity index (χ4n) is 4.49. The molecule has 3 aromatic heterocycles. The minimum absolute atomic E-state index is 0.0757. The van der Waals surface area contributed by atoms with E-state index in [2.05, 4.69) is 10.3 Å². The van der Waals surface area contributed by atoms with Crippen LogP contribution >= 0.6 is 0 Å². The molecule has 1 N–H and O–H groups in total. The van der Waals surface area contributed by atoms with Gasteiger partial charge in [0.25, 0.3) is 12.3 Å². The number of halogens is 2. The zero-order valence-electron chi connectivity index (χ0n) is 18.2. The van der Waals surface area contributed by atoms with Gasteiger partial charge in [-0.2, -0.15) is 0 Å². The molecule has 0 spiro atoms. The van der Waals surface area contributed by atoms with Gasteiger partial charge in [-0.05, 0) is 50.7 Å². The molecule has 4 heterocycles. The molecule has 0 bridgehead atoms. The largest absolute Gasteiger partial charge is 0.488 e. The number of hydrogen-bond acceptors (Lipinski definition) is 5. The fourth-order valence-corrected chi connectivity index (χ4v) is 4.49. The summed E-state index contributed by atoms with van der Waals surface area (Å²) in [6.45, 7) is 1.45. The summed E-state index contributed by atoms with van der Waals surface area (Å²) in [5.74, 6) is 0.284. The Balaban J connectivity index is 1.46. The Morgan fingerprint density at radius 3 is 2.67 bits per heavy atom. The number of carbonyl (C=O) groups excluding carboxylic acids is 1. The van der Waals surface area contributed by atoms with E-state index < -0.39 is 18.0 Å². The second kappa shape index (κ2) is 9.43. The SMILES string of the molecule is O=C(Nc1cn2cc(C3CCOCC3)nc2cc1OC1CCCC1)c1cccc(C(F)F)n1. The highest BCUT2D eigenvalue weighted by atomic mass is 19.3. The Morgan fingerprint density at radius 1 is 1.12 bits per heavy atom. The molecule has 1 saturated heterocycles. The van der Waals surface area contributed by atoms with Crippen molar-refractivity contribution in [2.75, 3.05) is 18.5 Å². The summed E-state index contributed by atoms with van der Waals surface area (Å²) in [5.41, 5.74) is 1.67. The van der Waals surface area contributed by atoms with Crippen LogP contribution in [0.15, 0.2) is 36.7 Å². The number of imidazole rings is 1. The van der Waals surface area contributed by atoms with Crippen LogP contribution in [-0.4, -0.2) is 39.6 Å². The standard InChI is InChI=1S/C24H26F2N4O3/c25-23(26)17-6-3-7-18(27-17)24(31)29-20-14-30-13-19(15-8-10-32-11-9-15)28-22(30)12-21(20)33-16-4-1-2-5-16/h3,6-7,12-16,23H,1-2,4-5,8-11H2,(H,29,31). The van der Waals surface area contributed by atoms with Gasteiger partial charge in [0.2, 0.25) is 0 Å². The minimum atomic E-state index is -2.75. The zero-order chi connectivity index (χ0) is 22.8. The second-order valence-corrected chi connectivity index (χ2v) is 8.60. The lowest BCUT2D eigenvalue weighted by Crippen LogP contribution is -2.18. The van der Waals surface area contributed by atoms with Crippen LogP contribution in [0.25, 0.3) is 5.65 Å². The van der Waals surface area contributed by atoms with Gasteiger partial charge < -0.3 is 19.2 Å². The van der Waals surface area contributed by atoms with E-state index in [1.54, 1.807) is 6.20 Å². The maximum Gasteiger partial charge on any atom is 0.280 e. The van der Waals surface area contributed by atoms with E-state index in [1.807, 2.05) is 16.7 Å². The van der Waals surface area contributed by atoms with Crippen LogP contribution in [0.4, 0.5) is 14.5 Å². The van der Waals surface area contributed by atoms with E-state index in [-0.39, 0.29) is 11.8 Å². The van der Waals surface area contributed by atoms with E-state index in [0.29, 0.717) is 17.4 Å². The Kier molecular flexibility index (Phi) is 6.22. The number of hydrogen-bond donors (Lipinski definition) is 1. The van der Waals surface area contributed by atoms with Crippen molar-refractivity contribution in [2.24, 2.45) is 0 Å². The first-order chi connectivity index (χ1) is 16.1. The van der Waals surface area contributed by atoms with Crippen LogP contribution in [0.2, 0.25) is 0 Å². The van der Waals surface area contributed by atoms with E-state index in [0.717, 1.165) is 63.1 Å². The Bertz CT molecular complexity index is 1140. The lowest BCUT2D eigenvalue weighted by molar-refractivity contribution is 0.0846. The normalized spacial score (nSPS) is 17.7. The summed E-state index contributed by atoms with van der Waals surface area (Å²) in [6, 6.07) is 5.85. The van der Waals surface area contributed by atoms with Crippen molar-refractivity contribution in [3.05, 3.63) is 53.7 Å². The summed E-state index contributed by atoms with van der Waals surface area (Å²) < 4.78 is 39.6. The number of nitrogens with zero attached hydrogens (tertiary/aromatic N) is 3. The van der Waals surface area contributed by atoms with Crippen molar-refractivity contribution in [1.29, 1.82) is 0 Å². The summed E-state index contributed by atoms with van der Waals surface area (Å²) >= 11 is 0. The number of rotatable bonds is 6. The topological polar surface area (TPSA) is 77.8 Å². The third-order valence-electron chi connectivity index (χ3n) is 6.28. The monoisotopic (exact) mass is 456 g/mol. The predicted octanol–water partition coefficient (Wildman–Crippen LogP) is 5.13. The van der Waals surface area contributed by atoms with Crippen molar-refractivity contribution in [3.8, 4) is 5.75 Å². The van der Waals surface area contributed by atoms with Crippen molar-refractivity contribution >= 4 is 17.2 Å². The highest BCUT2D eigenvalue weighted by Crippen LogP contribution is 2.33. The van der Waals surface area contributed by atoms with E-state index >= 15 is 0 Å². The van der Waals surface area contributed by atoms with Gasteiger partial charge >= 0.3 is 0 Å². The molecule has 2 fully saturated rings. The van der Waals surface area contributed by atoms with E-state index in [1.165, 1.54) is 18.2 Å². The van der Waals surface area contributed by atoms with Gasteiger partial charge in [-0.15, -0.1) is 0 Å². The first kappa shape index (κ1) is 21.8. The Hall–Kier alpha value is -3.07. The molecule has 174 valence electrons. The first-order valence-corrected chi connectivity index (χ1v) is 11.4. The van der Waals surface area contributed by atoms with Crippen molar-refractivity contribution in [3.63, 3.8) is 0 Å². The number of amides is 1. The third-order valence-corrected chi connectivity index (χ3v) is 6.28. The molecule has 0 atom stereocenters. The summed E-state index contributed by atoms with van der Waals surface area (Å²) in [4.78, 5) is 21.4. The molecule has 9 heteroatoms. The van der Waals surface area contributed by atoms with Gasteiger partial charge in [-0.1, -0.05) is 6.07 Å². The second-order valence-electron chi connectivity index (χ2n) is 8.60. The van der Waals surface area contributed by atoms with Crippen LogP contribution in [0.3, 0.4) is 0 Å². The molecule has 2 aliphatic rings. The Labute approximate surface area is 190 Å². The summed E-state index contributed by atoms with van der Waals surface area (Å²) in [6.07, 6.45) is 7.04. The molecule has 33 heavy (non-hydrogen) atoms. The smallest absolute Gasteiger partial charge is 0.280 e. The van der Waals surface area contributed by atoms with Gasteiger partial charge in [0.1, 0.15) is 28.5 Å². The molecule has 0 radical (unpaired) electrons. The zero-order valence-corrected chi connectivity index (χ0v) is 18.2. The maximum absolute atomic E-state index is 13.0. The number of carbonyl (C=O) groups is 1. The molecule has 1 aliphatic carbocycles. The van der Waals surface area contributed by atoms with Gasteiger partial charge in [-0.25, -0.2) is 18.7 Å². The number of pyridine rings is 2. The molecule has 5 rings (SSSR count). The highest BCUT2D eigenvalue weighted by molar-refractivity contribution is 6.03. The molecular formula is C24H26F2N4O3. The minimum Gasteiger partial charge on any atom is -0.488 e. The van der Waals surface area contributed by atoms with Gasteiger partial charge in [-0.3, -0.25) is 4.79 Å². The third kappa shape index (κ3) is 4.83. The van der Waals surface area contributed by atoms with Crippen molar-refractivity contribution in [1.82, 2.24) is 14.4 Å². The highest BCUT2D eigenvalue weighted by Gasteiger charge is 2.23. The summed E-state index contributed by atoms with van der Waals surface area (Å²) in [5, 5.41) is 2.81. The van der Waals surface area contributed by atoms with Gasteiger partial charge in [0, 0.05) is 37.6 Å². The molecule has 1 aliphatic heterocycles. The quantitative estimate of drug-likeness (QED) is 0.556. The van der Waals surface area contributed by atoms with Gasteiger partial charge in [0.15, 0.2) is 0 Å². The molecule has 1 amide bonds. The number of ether oxygens (including phenoxy) is 2. The number of nitrogens with one attached hydrogen (secondary N) is 1. The molecule has 1 saturated carbocycles.